The summed E-state index contributed by atoms with van der Waals surface area (Å²) >= 11 is 0. The van der Waals surface area contributed by atoms with E-state index < -0.39 is 11.8 Å². The van der Waals surface area contributed by atoms with E-state index in [1.165, 1.54) is 6.92 Å². The Bertz CT molecular complexity index is 161. The Morgan fingerprint density at radius 2 is 2.27 bits per heavy atom. The maximum absolute atomic E-state index is 10.4. The molecule has 1 heterocycles. The van der Waals surface area contributed by atoms with Gasteiger partial charge in [0, 0.05) is 6.92 Å². The van der Waals surface area contributed by atoms with Crippen molar-refractivity contribution >= 4 is 35.5 Å². The Hall–Kier alpha value is 0.390. The van der Waals surface area contributed by atoms with Crippen LogP contribution in [0.1, 0.15) is 13.8 Å². The molecule has 2 atom stereocenters. The van der Waals surface area contributed by atoms with Gasteiger partial charge in [-0.05, 0) is 6.92 Å². The summed E-state index contributed by atoms with van der Waals surface area (Å²) < 4.78 is 9.88. The van der Waals surface area contributed by atoms with Gasteiger partial charge in [-0.15, -0.1) is 0 Å². The molecule has 0 aliphatic carbocycles. The van der Waals surface area contributed by atoms with Crippen molar-refractivity contribution in [3.63, 3.8) is 0 Å². The van der Waals surface area contributed by atoms with Crippen LogP contribution in [0.4, 0.5) is 0 Å². The Morgan fingerprint density at radius 1 is 1.73 bits per heavy atom. The Kier molecular flexibility index (Phi) is 4.00. The predicted molar refractivity (Wildman–Crippen MR) is 39.7 cm³/mol. The summed E-state index contributed by atoms with van der Waals surface area (Å²) in [7, 11) is 0. The van der Waals surface area contributed by atoms with Gasteiger partial charge in [-0.2, -0.15) is 0 Å². The molecule has 1 fully saturated rings. The molecular weight excluding hydrogens is 159 g/mol. The topological polar surface area (TPSA) is 55.8 Å². The molecule has 5 heteroatoms. The van der Waals surface area contributed by atoms with E-state index in [0.717, 1.165) is 0 Å². The van der Waals surface area contributed by atoms with Gasteiger partial charge < -0.3 is 14.6 Å². The molecular formula is C6H11NaO4. The van der Waals surface area contributed by atoms with E-state index in [-0.39, 0.29) is 35.7 Å². The third-order valence-electron chi connectivity index (χ3n) is 1.41. The van der Waals surface area contributed by atoms with Gasteiger partial charge in [0.25, 0.3) is 5.79 Å². The molecule has 0 aromatic rings. The monoisotopic (exact) mass is 170 g/mol. The maximum atomic E-state index is 10.4. The van der Waals surface area contributed by atoms with Crippen LogP contribution in [0, 0.1) is 0 Å². The minimum absolute atomic E-state index is 0. The summed E-state index contributed by atoms with van der Waals surface area (Å²) in [5.74, 6) is -2.49. The SMILES string of the molecule is CC1COC(C)(C(=O)O)O1.[NaH]. The summed E-state index contributed by atoms with van der Waals surface area (Å²) in [5, 5.41) is 8.54. The van der Waals surface area contributed by atoms with Gasteiger partial charge in [0.2, 0.25) is 0 Å². The van der Waals surface area contributed by atoms with Crippen LogP contribution in [-0.2, 0) is 14.3 Å². The first-order valence-corrected chi connectivity index (χ1v) is 3.10. The normalized spacial score (nSPS) is 36.4. The van der Waals surface area contributed by atoms with Crippen molar-refractivity contribution in [3.05, 3.63) is 0 Å². The first-order valence-electron chi connectivity index (χ1n) is 3.10. The van der Waals surface area contributed by atoms with Gasteiger partial charge in [0.05, 0.1) is 12.7 Å². The molecule has 0 aromatic carbocycles. The Balaban J connectivity index is 0.000001000. The zero-order chi connectivity index (χ0) is 7.78. The van der Waals surface area contributed by atoms with Crippen LogP contribution >= 0.6 is 0 Å². The number of carboxylic acids is 1. The number of hydrogen-bond acceptors (Lipinski definition) is 3. The van der Waals surface area contributed by atoms with Crippen LogP contribution in [0.25, 0.3) is 0 Å². The molecule has 11 heavy (non-hydrogen) atoms. The fourth-order valence-corrected chi connectivity index (χ4v) is 0.840. The molecule has 4 nitrogen and oxygen atoms in total. The molecule has 1 aliphatic heterocycles. The second-order valence-electron chi connectivity index (χ2n) is 2.49. The van der Waals surface area contributed by atoms with Crippen LogP contribution in [0.15, 0.2) is 0 Å². The van der Waals surface area contributed by atoms with Crippen molar-refractivity contribution in [2.75, 3.05) is 6.61 Å². The second kappa shape index (κ2) is 3.87. The molecule has 1 rings (SSSR count). The molecule has 1 N–H and O–H groups in total. The second-order valence-corrected chi connectivity index (χ2v) is 2.49. The van der Waals surface area contributed by atoms with Crippen molar-refractivity contribution in [3.8, 4) is 0 Å². The van der Waals surface area contributed by atoms with Gasteiger partial charge in [-0.3, -0.25) is 0 Å². The molecule has 0 aromatic heterocycles. The zero-order valence-electron chi connectivity index (χ0n) is 5.96. The van der Waals surface area contributed by atoms with Gasteiger partial charge >= 0.3 is 35.5 Å². The average molecular weight is 170 g/mol. The van der Waals surface area contributed by atoms with Crippen LogP contribution < -0.4 is 0 Å². The number of carbonyl (C=O) groups is 1. The number of rotatable bonds is 1. The first-order chi connectivity index (χ1) is 4.54. The van der Waals surface area contributed by atoms with E-state index in [1.807, 2.05) is 0 Å². The Labute approximate surface area is 87.2 Å². The van der Waals surface area contributed by atoms with E-state index in [9.17, 15) is 4.79 Å². The van der Waals surface area contributed by atoms with E-state index in [1.54, 1.807) is 6.92 Å². The standard InChI is InChI=1S/C6H10O4.Na.H/c1-4-3-9-6(2,10-4)5(7)8;;/h4H,3H2,1-2H3,(H,7,8);;. The summed E-state index contributed by atoms with van der Waals surface area (Å²) in [4.78, 5) is 10.4. The van der Waals surface area contributed by atoms with Gasteiger partial charge in [-0.1, -0.05) is 0 Å². The number of ether oxygens (including phenoxy) is 2. The van der Waals surface area contributed by atoms with Gasteiger partial charge in [0.15, 0.2) is 0 Å². The van der Waals surface area contributed by atoms with E-state index in [0.29, 0.717) is 6.61 Å². The fourth-order valence-electron chi connectivity index (χ4n) is 0.840. The molecule has 0 saturated carbocycles. The third-order valence-corrected chi connectivity index (χ3v) is 1.41. The third kappa shape index (κ3) is 2.42. The van der Waals surface area contributed by atoms with Crippen molar-refractivity contribution in [2.45, 2.75) is 25.7 Å². The van der Waals surface area contributed by atoms with Gasteiger partial charge in [0.1, 0.15) is 0 Å². The molecule has 0 radical (unpaired) electrons. The first kappa shape index (κ1) is 11.4. The number of carboxylic acid groups (broad SMARTS) is 1. The molecule has 0 spiro atoms. The van der Waals surface area contributed by atoms with Crippen molar-refractivity contribution in [1.29, 1.82) is 0 Å². The van der Waals surface area contributed by atoms with E-state index >= 15 is 0 Å². The number of hydrogen-bond donors (Lipinski definition) is 1. The molecule has 1 saturated heterocycles. The molecule has 0 amide bonds. The van der Waals surface area contributed by atoms with Crippen molar-refractivity contribution < 1.29 is 19.4 Å². The van der Waals surface area contributed by atoms with Crippen LogP contribution in [0.2, 0.25) is 0 Å². The Morgan fingerprint density at radius 3 is 2.45 bits per heavy atom. The molecule has 60 valence electrons. The molecule has 2 unspecified atom stereocenters. The van der Waals surface area contributed by atoms with Crippen LogP contribution in [-0.4, -0.2) is 59.1 Å². The molecule has 0 bridgehead atoms. The average Bonchev–Trinajstić information content (AvgIpc) is 2.13. The number of aliphatic carboxylic acids is 1. The van der Waals surface area contributed by atoms with Gasteiger partial charge in [-0.25, -0.2) is 4.79 Å². The van der Waals surface area contributed by atoms with E-state index in [2.05, 4.69) is 0 Å². The van der Waals surface area contributed by atoms with Crippen LogP contribution in [0.5, 0.6) is 0 Å². The molecule has 1 aliphatic rings. The summed E-state index contributed by atoms with van der Waals surface area (Å²) in [6, 6.07) is 0. The summed E-state index contributed by atoms with van der Waals surface area (Å²) in [6.07, 6.45) is -0.124. The predicted octanol–water partition coefficient (Wildman–Crippen LogP) is -0.426. The van der Waals surface area contributed by atoms with Crippen LogP contribution in [0.3, 0.4) is 0 Å². The van der Waals surface area contributed by atoms with E-state index in [4.69, 9.17) is 14.6 Å². The summed E-state index contributed by atoms with van der Waals surface area (Å²) in [6.45, 7) is 3.52. The summed E-state index contributed by atoms with van der Waals surface area (Å²) in [5.41, 5.74) is 0. The quantitative estimate of drug-likeness (QED) is 0.543. The van der Waals surface area contributed by atoms with Crippen molar-refractivity contribution in [1.82, 2.24) is 0 Å². The van der Waals surface area contributed by atoms with Crippen molar-refractivity contribution in [2.24, 2.45) is 0 Å². The zero-order valence-corrected chi connectivity index (χ0v) is 5.96. The minimum atomic E-state index is -1.42. The fraction of sp³-hybridized carbons (Fsp3) is 0.833.